The minimum atomic E-state index is -0.152. The lowest BCUT2D eigenvalue weighted by molar-refractivity contribution is -0.149. The zero-order valence-corrected chi connectivity index (χ0v) is 12.9. The van der Waals surface area contributed by atoms with E-state index in [0.717, 1.165) is 35.9 Å². The number of carbonyl (C=O) groups excluding carboxylic acids is 1. The van der Waals surface area contributed by atoms with Crippen LogP contribution in [0.15, 0.2) is 0 Å². The minimum Gasteiger partial charge on any atom is -0.466 e. The van der Waals surface area contributed by atoms with Crippen molar-refractivity contribution in [2.24, 2.45) is 5.92 Å². The zero-order chi connectivity index (χ0) is 11.9. The molecule has 0 radical (unpaired) electrons. The van der Waals surface area contributed by atoms with Gasteiger partial charge in [-0.1, -0.05) is 33.6 Å². The Labute approximate surface area is 97.2 Å². The van der Waals surface area contributed by atoms with Crippen molar-refractivity contribution in [3.63, 3.8) is 0 Å². The van der Waals surface area contributed by atoms with E-state index in [1.54, 1.807) is 0 Å². The predicted octanol–water partition coefficient (Wildman–Crippen LogP) is 2.31. The third-order valence-electron chi connectivity index (χ3n) is 3.51. The molecule has 0 aromatic rings. The lowest BCUT2D eigenvalue weighted by Crippen LogP contribution is -2.33. The van der Waals surface area contributed by atoms with Crippen LogP contribution in [0.4, 0.5) is 0 Å². The zero-order valence-electron chi connectivity index (χ0n) is 10.9. The number of carbonyl (C=O) groups is 1. The van der Waals surface area contributed by atoms with Crippen LogP contribution in [0.3, 0.4) is 0 Å². The topological polar surface area (TPSA) is 26.3 Å². The lowest BCUT2D eigenvalue weighted by atomic mass is 9.83. The van der Waals surface area contributed by atoms with Gasteiger partial charge in [-0.2, -0.15) is 0 Å². The Morgan fingerprint density at radius 2 is 1.93 bits per heavy atom. The Kier molecular flexibility index (Phi) is 6.90. The summed E-state index contributed by atoms with van der Waals surface area (Å²) in [5.74, 6) is 0.553. The van der Waals surface area contributed by atoms with Crippen LogP contribution in [-0.2, 0) is 9.53 Å². The van der Waals surface area contributed by atoms with Gasteiger partial charge in [-0.3, -0.25) is 4.79 Å². The number of esters is 1. The Balaban J connectivity index is 4.70. The van der Waals surface area contributed by atoms with Crippen LogP contribution in [0.25, 0.3) is 0 Å². The molecule has 0 aliphatic carbocycles. The van der Waals surface area contributed by atoms with Crippen molar-refractivity contribution in [2.45, 2.75) is 58.4 Å². The molecule has 2 atom stereocenters. The largest absolute Gasteiger partial charge is 0.466 e. The van der Waals surface area contributed by atoms with Gasteiger partial charge in [0.1, 0.15) is 0 Å². The maximum absolute atomic E-state index is 12.0. The second kappa shape index (κ2) is 7.04. The molecule has 0 aromatic carbocycles. The fraction of sp³-hybridized carbons (Fsp3) is 0.917. The molecule has 0 amide bonds. The first-order valence-electron chi connectivity index (χ1n) is 6.23. The monoisotopic (exact) mass is 230 g/mol. The highest BCUT2D eigenvalue weighted by Gasteiger charge is 2.39. The van der Waals surface area contributed by atoms with Crippen LogP contribution in [0.1, 0.15) is 53.4 Å². The van der Waals surface area contributed by atoms with Gasteiger partial charge in [0.05, 0.1) is 11.6 Å². The maximum atomic E-state index is 12.0. The summed E-state index contributed by atoms with van der Waals surface area (Å²) in [6.07, 6.45) is 4.31. The molecule has 90 valence electrons. The number of hydrogen-bond acceptors (Lipinski definition) is 2. The summed E-state index contributed by atoms with van der Waals surface area (Å²) in [4.78, 5) is 12.0. The molecule has 0 aliphatic rings. The maximum Gasteiger partial charge on any atom is 0.308 e. The van der Waals surface area contributed by atoms with E-state index in [9.17, 15) is 4.79 Å². The van der Waals surface area contributed by atoms with Crippen molar-refractivity contribution in [3.05, 3.63) is 0 Å². The van der Waals surface area contributed by atoms with Gasteiger partial charge in [-0.05, 0) is 25.7 Å². The van der Waals surface area contributed by atoms with Crippen LogP contribution in [-0.4, -0.2) is 22.8 Å². The Morgan fingerprint density at radius 1 is 1.33 bits per heavy atom. The summed E-state index contributed by atoms with van der Waals surface area (Å²) in [7, 11) is 0.900. The van der Waals surface area contributed by atoms with Crippen LogP contribution >= 0.6 is 0 Å². The molecule has 0 rings (SSSR count). The average Bonchev–Trinajstić information content (AvgIpc) is 2.25. The van der Waals surface area contributed by atoms with E-state index in [1.165, 1.54) is 0 Å². The van der Waals surface area contributed by atoms with Gasteiger partial charge in [-0.25, -0.2) is 0 Å². The summed E-state index contributed by atoms with van der Waals surface area (Å²) in [5.41, 5.74) is 0. The van der Waals surface area contributed by atoms with Crippen LogP contribution in [0.2, 0.25) is 5.04 Å². The Morgan fingerprint density at radius 3 is 2.27 bits per heavy atom. The van der Waals surface area contributed by atoms with Gasteiger partial charge in [0.15, 0.2) is 0 Å². The molecule has 2 nitrogen and oxygen atoms in total. The number of ether oxygens (including phenoxy) is 1. The molecule has 0 saturated carbocycles. The van der Waals surface area contributed by atoms with E-state index in [1.807, 2.05) is 6.92 Å². The van der Waals surface area contributed by atoms with Crippen molar-refractivity contribution in [2.75, 3.05) is 6.61 Å². The van der Waals surface area contributed by atoms with Gasteiger partial charge in [0, 0.05) is 10.2 Å². The summed E-state index contributed by atoms with van der Waals surface area (Å²) in [6, 6.07) is 0. The third kappa shape index (κ3) is 3.63. The van der Waals surface area contributed by atoms with E-state index in [4.69, 9.17) is 4.74 Å². The molecule has 0 saturated heterocycles. The van der Waals surface area contributed by atoms with Crippen molar-refractivity contribution >= 4 is 16.2 Å². The van der Waals surface area contributed by atoms with Crippen molar-refractivity contribution in [1.29, 1.82) is 0 Å². The summed E-state index contributed by atoms with van der Waals surface area (Å²) < 4.78 is 5.22. The highest BCUT2D eigenvalue weighted by atomic mass is 28.1. The fourth-order valence-electron chi connectivity index (χ4n) is 2.22. The van der Waals surface area contributed by atoms with E-state index in [0.29, 0.717) is 12.5 Å². The summed E-state index contributed by atoms with van der Waals surface area (Å²) in [5, 5.41) is -0.152. The van der Waals surface area contributed by atoms with Crippen LogP contribution < -0.4 is 0 Å². The molecule has 0 bridgehead atoms. The van der Waals surface area contributed by atoms with Crippen LogP contribution in [0, 0.1) is 5.92 Å². The highest BCUT2D eigenvalue weighted by molar-refractivity contribution is 6.27. The molecular weight excluding hydrogens is 204 g/mol. The second-order valence-corrected chi connectivity index (χ2v) is 6.17. The molecule has 0 aromatic heterocycles. The van der Waals surface area contributed by atoms with E-state index < -0.39 is 0 Å². The van der Waals surface area contributed by atoms with Crippen molar-refractivity contribution < 1.29 is 9.53 Å². The summed E-state index contributed by atoms with van der Waals surface area (Å²) >= 11 is 0. The molecule has 2 unspecified atom stereocenters. The van der Waals surface area contributed by atoms with Crippen molar-refractivity contribution in [1.82, 2.24) is 0 Å². The highest BCUT2D eigenvalue weighted by Crippen LogP contribution is 2.41. The quantitative estimate of drug-likeness (QED) is 0.495. The van der Waals surface area contributed by atoms with E-state index in [2.05, 4.69) is 20.8 Å². The lowest BCUT2D eigenvalue weighted by Gasteiger charge is -2.34. The average molecular weight is 230 g/mol. The standard InChI is InChI=1S/C12H26O2Si/c1-5-9-10(6-2)12(15,7-3)11(13)14-8-4/h10H,5-9H2,1-4,15H3. The second-order valence-electron chi connectivity index (χ2n) is 4.39. The predicted molar refractivity (Wildman–Crippen MR) is 68.2 cm³/mol. The molecule has 0 aliphatic heterocycles. The number of hydrogen-bond donors (Lipinski definition) is 0. The van der Waals surface area contributed by atoms with Crippen molar-refractivity contribution in [3.8, 4) is 0 Å². The molecule has 0 fully saturated rings. The minimum absolute atomic E-state index is 0.0412. The normalized spacial score (nSPS) is 17.1. The van der Waals surface area contributed by atoms with E-state index >= 15 is 0 Å². The molecule has 0 N–H and O–H groups in total. The molecule has 0 spiro atoms. The smallest absolute Gasteiger partial charge is 0.308 e. The molecular formula is C12H26O2Si. The first kappa shape index (κ1) is 14.7. The van der Waals surface area contributed by atoms with Gasteiger partial charge < -0.3 is 4.74 Å². The third-order valence-corrected chi connectivity index (χ3v) is 5.44. The number of rotatable bonds is 7. The van der Waals surface area contributed by atoms with Gasteiger partial charge >= 0.3 is 5.97 Å². The first-order chi connectivity index (χ1) is 7.06. The summed E-state index contributed by atoms with van der Waals surface area (Å²) in [6.45, 7) is 8.87. The molecule has 3 heteroatoms. The Bertz CT molecular complexity index is 194. The fourth-order valence-corrected chi connectivity index (χ4v) is 3.06. The Hall–Kier alpha value is -0.313. The molecule has 0 heterocycles. The van der Waals surface area contributed by atoms with Gasteiger partial charge in [-0.15, -0.1) is 0 Å². The van der Waals surface area contributed by atoms with E-state index in [-0.39, 0.29) is 11.0 Å². The molecule has 15 heavy (non-hydrogen) atoms. The SMILES string of the molecule is CCCC(CC)C([SiH3])(CC)C(=O)OCC. The first-order valence-corrected chi connectivity index (χ1v) is 7.23. The van der Waals surface area contributed by atoms with Crippen LogP contribution in [0.5, 0.6) is 0 Å². The van der Waals surface area contributed by atoms with Gasteiger partial charge in [0.2, 0.25) is 0 Å². The van der Waals surface area contributed by atoms with Gasteiger partial charge in [0.25, 0.3) is 0 Å².